The van der Waals surface area contributed by atoms with Crippen LogP contribution in [-0.2, 0) is 28.6 Å². The van der Waals surface area contributed by atoms with Crippen molar-refractivity contribution in [1.82, 2.24) is 0 Å². The number of carbonyl (C=O) groups is 3. The number of unbranched alkanes of at least 4 members (excludes halogenated alkanes) is 6. The van der Waals surface area contributed by atoms with Crippen molar-refractivity contribution in [1.29, 1.82) is 0 Å². The fourth-order valence-corrected chi connectivity index (χ4v) is 2.48. The minimum absolute atomic E-state index is 0.150. The van der Waals surface area contributed by atoms with Crippen molar-refractivity contribution in [3.05, 3.63) is 0 Å². The molecule has 0 bridgehead atoms. The van der Waals surface area contributed by atoms with Gasteiger partial charge in [0.15, 0.2) is 0 Å². The highest BCUT2D eigenvalue weighted by Crippen LogP contribution is 2.15. The number of hydrogen-bond donors (Lipinski definition) is 0. The van der Waals surface area contributed by atoms with Crippen LogP contribution < -0.4 is 0 Å². The Bertz CT molecular complexity index is 381. The van der Waals surface area contributed by atoms with Gasteiger partial charge in [0.1, 0.15) is 0 Å². The van der Waals surface area contributed by atoms with Gasteiger partial charge in [0.2, 0.25) is 0 Å². The SMILES string of the molecule is CCCCCOC(=O)CC(CC(=O)OCCCCC)C(=O)OCCCCC. The maximum absolute atomic E-state index is 12.3. The lowest BCUT2D eigenvalue weighted by Gasteiger charge is -2.15. The lowest BCUT2D eigenvalue weighted by Crippen LogP contribution is -2.26. The summed E-state index contributed by atoms with van der Waals surface area (Å²) in [5, 5.41) is 0. The lowest BCUT2D eigenvalue weighted by molar-refractivity contribution is -0.159. The van der Waals surface area contributed by atoms with E-state index in [-0.39, 0.29) is 12.8 Å². The first-order valence-electron chi connectivity index (χ1n) is 10.5. The van der Waals surface area contributed by atoms with E-state index in [1.54, 1.807) is 0 Å². The molecule has 0 aromatic carbocycles. The Hall–Kier alpha value is -1.59. The molecule has 0 saturated carbocycles. The van der Waals surface area contributed by atoms with E-state index in [1.807, 2.05) is 0 Å². The summed E-state index contributed by atoms with van der Waals surface area (Å²) in [5.41, 5.74) is 0. The molecule has 0 aromatic rings. The second-order valence-electron chi connectivity index (χ2n) is 6.83. The molecule has 0 saturated heterocycles. The molecule has 0 aromatic heterocycles. The Balaban J connectivity index is 4.48. The Morgan fingerprint density at radius 1 is 0.593 bits per heavy atom. The Morgan fingerprint density at radius 2 is 0.963 bits per heavy atom. The highest BCUT2D eigenvalue weighted by molar-refractivity contribution is 5.84. The number of ether oxygens (including phenoxy) is 3. The Morgan fingerprint density at radius 3 is 1.33 bits per heavy atom. The van der Waals surface area contributed by atoms with Crippen molar-refractivity contribution in [3.8, 4) is 0 Å². The zero-order valence-electron chi connectivity index (χ0n) is 17.4. The van der Waals surface area contributed by atoms with E-state index in [0.717, 1.165) is 57.8 Å². The van der Waals surface area contributed by atoms with Crippen LogP contribution in [-0.4, -0.2) is 37.7 Å². The third-order valence-corrected chi connectivity index (χ3v) is 4.17. The number of carbonyl (C=O) groups excluding carboxylic acids is 3. The van der Waals surface area contributed by atoms with Gasteiger partial charge in [0, 0.05) is 0 Å². The smallest absolute Gasteiger partial charge is 0.310 e. The van der Waals surface area contributed by atoms with Crippen LogP contribution in [0.1, 0.15) is 91.4 Å². The highest BCUT2D eigenvalue weighted by Gasteiger charge is 2.27. The highest BCUT2D eigenvalue weighted by atomic mass is 16.5. The zero-order valence-corrected chi connectivity index (χ0v) is 17.4. The van der Waals surface area contributed by atoms with Crippen molar-refractivity contribution in [2.45, 2.75) is 91.4 Å². The molecule has 0 atom stereocenters. The fourth-order valence-electron chi connectivity index (χ4n) is 2.48. The van der Waals surface area contributed by atoms with Crippen molar-refractivity contribution in [3.63, 3.8) is 0 Å². The summed E-state index contributed by atoms with van der Waals surface area (Å²) in [6.45, 7) is 7.18. The topological polar surface area (TPSA) is 78.9 Å². The summed E-state index contributed by atoms with van der Waals surface area (Å²) in [5.74, 6) is -2.31. The van der Waals surface area contributed by atoms with Crippen LogP contribution in [0.3, 0.4) is 0 Å². The molecule has 0 unspecified atom stereocenters. The Kier molecular flexibility index (Phi) is 16.8. The van der Waals surface area contributed by atoms with Gasteiger partial charge >= 0.3 is 17.9 Å². The van der Waals surface area contributed by atoms with Crippen LogP contribution in [0.5, 0.6) is 0 Å². The van der Waals surface area contributed by atoms with Gasteiger partial charge in [-0.05, 0) is 19.3 Å². The minimum atomic E-state index is -0.844. The summed E-state index contributed by atoms with van der Waals surface area (Å²) < 4.78 is 15.6. The molecule has 158 valence electrons. The third kappa shape index (κ3) is 15.2. The molecular formula is C21H38O6. The average Bonchev–Trinajstić information content (AvgIpc) is 2.65. The van der Waals surface area contributed by atoms with E-state index in [2.05, 4.69) is 20.8 Å². The lowest BCUT2D eigenvalue weighted by atomic mass is 10.0. The molecule has 6 nitrogen and oxygen atoms in total. The summed E-state index contributed by atoms with van der Waals surface area (Å²) in [6.07, 6.45) is 8.11. The van der Waals surface area contributed by atoms with E-state index < -0.39 is 23.8 Å². The predicted octanol–water partition coefficient (Wildman–Crippen LogP) is 4.58. The third-order valence-electron chi connectivity index (χ3n) is 4.17. The molecular weight excluding hydrogens is 348 g/mol. The van der Waals surface area contributed by atoms with Crippen molar-refractivity contribution in [2.75, 3.05) is 19.8 Å². The number of rotatable bonds is 17. The van der Waals surface area contributed by atoms with Gasteiger partial charge in [-0.2, -0.15) is 0 Å². The maximum Gasteiger partial charge on any atom is 0.310 e. The molecule has 0 radical (unpaired) electrons. The van der Waals surface area contributed by atoms with Crippen LogP contribution >= 0.6 is 0 Å². The minimum Gasteiger partial charge on any atom is -0.466 e. The molecule has 0 spiro atoms. The first-order valence-corrected chi connectivity index (χ1v) is 10.5. The van der Waals surface area contributed by atoms with Crippen LogP contribution in [0.2, 0.25) is 0 Å². The number of esters is 3. The van der Waals surface area contributed by atoms with E-state index in [0.29, 0.717) is 19.8 Å². The quantitative estimate of drug-likeness (QED) is 0.207. The van der Waals surface area contributed by atoms with Gasteiger partial charge in [0.25, 0.3) is 0 Å². The van der Waals surface area contributed by atoms with Gasteiger partial charge in [0.05, 0.1) is 38.6 Å². The molecule has 0 amide bonds. The predicted molar refractivity (Wildman–Crippen MR) is 104 cm³/mol. The number of hydrogen-bond acceptors (Lipinski definition) is 6. The molecule has 27 heavy (non-hydrogen) atoms. The van der Waals surface area contributed by atoms with Gasteiger partial charge in [-0.25, -0.2) is 0 Å². The maximum atomic E-state index is 12.3. The van der Waals surface area contributed by atoms with E-state index in [9.17, 15) is 14.4 Å². The van der Waals surface area contributed by atoms with Crippen LogP contribution in [0, 0.1) is 5.92 Å². The second kappa shape index (κ2) is 17.8. The van der Waals surface area contributed by atoms with Crippen molar-refractivity contribution in [2.24, 2.45) is 5.92 Å². The first kappa shape index (κ1) is 25.4. The fraction of sp³-hybridized carbons (Fsp3) is 0.857. The van der Waals surface area contributed by atoms with Gasteiger partial charge in [-0.3, -0.25) is 14.4 Å². The van der Waals surface area contributed by atoms with Gasteiger partial charge in [-0.1, -0.05) is 59.3 Å². The second-order valence-corrected chi connectivity index (χ2v) is 6.83. The summed E-state index contributed by atoms with van der Waals surface area (Å²) in [4.78, 5) is 36.3. The van der Waals surface area contributed by atoms with Gasteiger partial charge in [-0.15, -0.1) is 0 Å². The molecule has 0 heterocycles. The van der Waals surface area contributed by atoms with E-state index in [4.69, 9.17) is 14.2 Å². The van der Waals surface area contributed by atoms with Crippen molar-refractivity contribution < 1.29 is 28.6 Å². The van der Waals surface area contributed by atoms with Crippen LogP contribution in [0.4, 0.5) is 0 Å². The van der Waals surface area contributed by atoms with Gasteiger partial charge < -0.3 is 14.2 Å². The average molecular weight is 387 g/mol. The largest absolute Gasteiger partial charge is 0.466 e. The molecule has 0 aliphatic carbocycles. The zero-order chi connectivity index (χ0) is 20.3. The summed E-state index contributed by atoms with van der Waals surface area (Å²) in [6, 6.07) is 0. The van der Waals surface area contributed by atoms with Crippen molar-refractivity contribution >= 4 is 17.9 Å². The molecule has 0 N–H and O–H groups in total. The molecule has 0 fully saturated rings. The van der Waals surface area contributed by atoms with E-state index >= 15 is 0 Å². The normalized spacial score (nSPS) is 10.7. The monoisotopic (exact) mass is 386 g/mol. The standard InChI is InChI=1S/C21H38O6/c1-4-7-10-13-25-19(22)16-18(21(24)27-15-12-9-6-3)17-20(23)26-14-11-8-5-2/h18H,4-17H2,1-3H3. The summed E-state index contributed by atoms with van der Waals surface area (Å²) >= 11 is 0. The molecule has 6 heteroatoms. The van der Waals surface area contributed by atoms with Crippen LogP contribution in [0.25, 0.3) is 0 Å². The molecule has 0 aliphatic rings. The first-order chi connectivity index (χ1) is 13.0. The van der Waals surface area contributed by atoms with Crippen LogP contribution in [0.15, 0.2) is 0 Å². The summed E-state index contributed by atoms with van der Waals surface area (Å²) in [7, 11) is 0. The molecule has 0 rings (SSSR count). The molecule has 0 aliphatic heterocycles. The van der Waals surface area contributed by atoms with E-state index in [1.165, 1.54) is 0 Å². The Labute approximate surface area is 164 Å².